The highest BCUT2D eigenvalue weighted by Crippen LogP contribution is 2.44. The van der Waals surface area contributed by atoms with Crippen LogP contribution >= 0.6 is 11.8 Å². The molecule has 2 heterocycles. The van der Waals surface area contributed by atoms with Crippen LogP contribution in [0.3, 0.4) is 0 Å². The minimum absolute atomic E-state index is 0.0228. The molecule has 2 aromatic carbocycles. The molecule has 0 spiro atoms. The standard InChI is InChI=1S/C30H27N7O6S2/c1-17(29(38)35-19-8-10-20(11-9-19)45(39,40)37-25-7-5-6-12-34-25)44-30-22(16-32)26(21(15-31)28(33)36-30)18-13-23(41-2)27(43-4)24(14-18)42-3/h5-14,17H,1-4H3,(H2,33,36)(H,34,37)(H,35,38). The Morgan fingerprint density at radius 3 is 2.16 bits per heavy atom. The van der Waals surface area contributed by atoms with Crippen LogP contribution in [0.4, 0.5) is 17.3 Å². The number of thioether (sulfide) groups is 1. The molecule has 0 saturated heterocycles. The number of methoxy groups -OCH3 is 3. The van der Waals surface area contributed by atoms with Crippen molar-refractivity contribution in [3.63, 3.8) is 0 Å². The predicted octanol–water partition coefficient (Wildman–Crippen LogP) is 4.42. The fourth-order valence-corrected chi connectivity index (χ4v) is 6.13. The lowest BCUT2D eigenvalue weighted by atomic mass is 9.96. The Balaban J connectivity index is 1.60. The van der Waals surface area contributed by atoms with E-state index in [-0.39, 0.29) is 38.2 Å². The molecule has 2 aromatic heterocycles. The summed E-state index contributed by atoms with van der Waals surface area (Å²) in [6.07, 6.45) is 1.46. The van der Waals surface area contributed by atoms with Gasteiger partial charge in [-0.2, -0.15) is 10.5 Å². The van der Waals surface area contributed by atoms with Crippen molar-refractivity contribution in [3.8, 4) is 40.5 Å². The zero-order valence-electron chi connectivity index (χ0n) is 24.5. The zero-order valence-corrected chi connectivity index (χ0v) is 26.1. The second-order valence-corrected chi connectivity index (χ2v) is 12.2. The largest absolute Gasteiger partial charge is 0.493 e. The Kier molecular flexibility index (Phi) is 9.98. The summed E-state index contributed by atoms with van der Waals surface area (Å²) in [7, 11) is 0.422. The number of amides is 1. The number of nitrogens with zero attached hydrogens (tertiary/aromatic N) is 4. The van der Waals surface area contributed by atoms with E-state index in [1.807, 2.05) is 6.07 Å². The van der Waals surface area contributed by atoms with Crippen molar-refractivity contribution in [3.05, 3.63) is 71.9 Å². The SMILES string of the molecule is COc1cc(-c2c(C#N)c(N)nc(SC(C)C(=O)Nc3ccc(S(=O)(=O)Nc4ccccn4)cc3)c2C#N)cc(OC)c1OC. The van der Waals surface area contributed by atoms with Crippen LogP contribution in [-0.2, 0) is 14.8 Å². The molecule has 1 amide bonds. The number of nitriles is 2. The van der Waals surface area contributed by atoms with E-state index in [0.717, 1.165) is 11.8 Å². The first kappa shape index (κ1) is 32.4. The topological polar surface area (TPSA) is 202 Å². The zero-order chi connectivity index (χ0) is 32.7. The minimum Gasteiger partial charge on any atom is -0.493 e. The highest BCUT2D eigenvalue weighted by atomic mass is 32.2. The number of aromatic nitrogens is 2. The normalized spacial score (nSPS) is 11.4. The molecule has 0 aliphatic carbocycles. The average Bonchev–Trinajstić information content (AvgIpc) is 3.04. The number of sulfonamides is 1. The average molecular weight is 646 g/mol. The molecule has 1 unspecified atom stereocenters. The number of nitrogens with one attached hydrogen (secondary N) is 2. The fourth-order valence-electron chi connectivity index (χ4n) is 4.20. The molecule has 0 bridgehead atoms. The lowest BCUT2D eigenvalue weighted by molar-refractivity contribution is -0.115. The number of nitrogens with two attached hydrogens (primary N) is 1. The van der Waals surface area contributed by atoms with Crippen molar-refractivity contribution >= 4 is 45.0 Å². The molecule has 0 aliphatic rings. The Morgan fingerprint density at radius 1 is 0.978 bits per heavy atom. The van der Waals surface area contributed by atoms with Crippen LogP contribution in [0.1, 0.15) is 18.1 Å². The number of ether oxygens (including phenoxy) is 3. The Labute approximate surface area is 264 Å². The molecule has 4 rings (SSSR count). The van der Waals surface area contributed by atoms with Crippen LogP contribution in [0.15, 0.2) is 70.7 Å². The third kappa shape index (κ3) is 7.01. The van der Waals surface area contributed by atoms with Gasteiger partial charge in [-0.3, -0.25) is 9.52 Å². The smallest absolute Gasteiger partial charge is 0.263 e. The molecule has 0 radical (unpaired) electrons. The summed E-state index contributed by atoms with van der Waals surface area (Å²) in [5, 5.41) is 22.2. The number of nitrogen functional groups attached to an aromatic ring is 1. The van der Waals surface area contributed by atoms with E-state index in [0.29, 0.717) is 28.5 Å². The first-order valence-corrected chi connectivity index (χ1v) is 15.4. The van der Waals surface area contributed by atoms with E-state index in [1.54, 1.807) is 31.2 Å². The number of hydrogen-bond donors (Lipinski definition) is 3. The number of pyridine rings is 2. The fraction of sp³-hybridized carbons (Fsp3) is 0.167. The van der Waals surface area contributed by atoms with E-state index in [2.05, 4.69) is 26.1 Å². The van der Waals surface area contributed by atoms with Gasteiger partial charge in [0, 0.05) is 17.4 Å². The molecule has 4 N–H and O–H groups in total. The number of hydrogen-bond acceptors (Lipinski definition) is 12. The van der Waals surface area contributed by atoms with Crippen molar-refractivity contribution in [1.29, 1.82) is 10.5 Å². The lowest BCUT2D eigenvalue weighted by Gasteiger charge is -2.18. The van der Waals surface area contributed by atoms with Crippen LogP contribution in [0.2, 0.25) is 0 Å². The maximum Gasteiger partial charge on any atom is 0.263 e. The number of benzene rings is 2. The Bertz CT molecular complexity index is 1900. The summed E-state index contributed by atoms with van der Waals surface area (Å²) >= 11 is 0.965. The molecule has 13 nitrogen and oxygen atoms in total. The van der Waals surface area contributed by atoms with Gasteiger partial charge >= 0.3 is 0 Å². The van der Waals surface area contributed by atoms with Gasteiger partial charge in [-0.1, -0.05) is 17.8 Å². The molecular weight excluding hydrogens is 619 g/mol. The number of carbonyl (C=O) groups excluding carboxylic acids is 1. The van der Waals surface area contributed by atoms with Gasteiger partial charge in [0.15, 0.2) is 11.5 Å². The maximum absolute atomic E-state index is 13.1. The highest BCUT2D eigenvalue weighted by Gasteiger charge is 2.26. The maximum atomic E-state index is 13.1. The van der Waals surface area contributed by atoms with Crippen molar-refractivity contribution in [2.45, 2.75) is 22.1 Å². The monoisotopic (exact) mass is 645 g/mol. The third-order valence-electron chi connectivity index (χ3n) is 6.36. The van der Waals surface area contributed by atoms with Crippen molar-refractivity contribution in [2.75, 3.05) is 37.1 Å². The molecule has 4 aromatic rings. The second kappa shape index (κ2) is 13.9. The van der Waals surface area contributed by atoms with Gasteiger partial charge in [0.25, 0.3) is 10.0 Å². The second-order valence-electron chi connectivity index (χ2n) is 9.16. The molecule has 0 aliphatic heterocycles. The van der Waals surface area contributed by atoms with Crippen LogP contribution < -0.4 is 30.0 Å². The number of anilines is 3. The van der Waals surface area contributed by atoms with Crippen LogP contribution in [0.25, 0.3) is 11.1 Å². The van der Waals surface area contributed by atoms with E-state index >= 15 is 0 Å². The Hall–Kier alpha value is -5.51. The van der Waals surface area contributed by atoms with Crippen LogP contribution in [-0.4, -0.2) is 50.9 Å². The predicted molar refractivity (Wildman–Crippen MR) is 169 cm³/mol. The van der Waals surface area contributed by atoms with Crippen molar-refractivity contribution in [2.24, 2.45) is 0 Å². The van der Waals surface area contributed by atoms with Gasteiger partial charge in [-0.25, -0.2) is 18.4 Å². The summed E-state index contributed by atoms with van der Waals surface area (Å²) in [6.45, 7) is 1.60. The number of carbonyl (C=O) groups is 1. The summed E-state index contributed by atoms with van der Waals surface area (Å²) in [6, 6.07) is 17.7. The molecule has 1 atom stereocenters. The van der Waals surface area contributed by atoms with Gasteiger partial charge in [-0.15, -0.1) is 0 Å². The summed E-state index contributed by atoms with van der Waals surface area (Å²) in [5.74, 6) is 0.490. The molecular formula is C30H27N7O6S2. The van der Waals surface area contributed by atoms with Crippen molar-refractivity contribution < 1.29 is 27.4 Å². The summed E-state index contributed by atoms with van der Waals surface area (Å²) in [4.78, 5) is 21.3. The van der Waals surface area contributed by atoms with Gasteiger partial charge in [0.1, 0.15) is 34.4 Å². The van der Waals surface area contributed by atoms with Gasteiger partial charge in [-0.05, 0) is 61.0 Å². The quantitative estimate of drug-likeness (QED) is 0.194. The van der Waals surface area contributed by atoms with E-state index < -0.39 is 21.2 Å². The first-order valence-electron chi connectivity index (χ1n) is 13.0. The molecule has 15 heteroatoms. The molecule has 45 heavy (non-hydrogen) atoms. The third-order valence-corrected chi connectivity index (χ3v) is 8.82. The first-order chi connectivity index (χ1) is 21.6. The highest BCUT2D eigenvalue weighted by molar-refractivity contribution is 8.00. The van der Waals surface area contributed by atoms with E-state index in [9.17, 15) is 23.7 Å². The van der Waals surface area contributed by atoms with E-state index in [1.165, 1.54) is 57.9 Å². The van der Waals surface area contributed by atoms with E-state index in [4.69, 9.17) is 19.9 Å². The molecule has 0 fully saturated rings. The summed E-state index contributed by atoms with van der Waals surface area (Å²) < 4.78 is 44.0. The minimum atomic E-state index is -3.90. The van der Waals surface area contributed by atoms with Gasteiger partial charge < -0.3 is 25.3 Å². The van der Waals surface area contributed by atoms with Gasteiger partial charge in [0.2, 0.25) is 11.7 Å². The van der Waals surface area contributed by atoms with Crippen molar-refractivity contribution in [1.82, 2.24) is 9.97 Å². The molecule has 0 saturated carbocycles. The van der Waals surface area contributed by atoms with Crippen LogP contribution in [0, 0.1) is 22.7 Å². The molecule has 230 valence electrons. The summed E-state index contributed by atoms with van der Waals surface area (Å²) in [5.41, 5.74) is 7.07. The van der Waals surface area contributed by atoms with Gasteiger partial charge in [0.05, 0.1) is 37.0 Å². The lowest BCUT2D eigenvalue weighted by Crippen LogP contribution is -2.23. The Morgan fingerprint density at radius 2 is 1.62 bits per heavy atom. The number of rotatable bonds is 11. The van der Waals surface area contributed by atoms with Crippen LogP contribution in [0.5, 0.6) is 17.2 Å².